The molecule has 0 aliphatic heterocycles. The molecule has 0 bridgehead atoms. The molecule has 2 nitrogen and oxygen atoms in total. The van der Waals surface area contributed by atoms with Gasteiger partial charge in [-0.3, -0.25) is 4.79 Å². The molecule has 0 aliphatic rings. The first-order chi connectivity index (χ1) is 6.06. The molecule has 0 saturated heterocycles. The molecule has 1 aromatic rings. The van der Waals surface area contributed by atoms with Crippen LogP contribution < -0.4 is 0 Å². The van der Waals surface area contributed by atoms with Crippen molar-refractivity contribution in [2.75, 3.05) is 0 Å². The first kappa shape index (κ1) is 10.3. The van der Waals surface area contributed by atoms with Gasteiger partial charge in [-0.1, -0.05) is 22.9 Å². The fourth-order valence-electron chi connectivity index (χ4n) is 1.16. The van der Waals surface area contributed by atoms with Crippen LogP contribution in [0.15, 0.2) is 16.6 Å². The van der Waals surface area contributed by atoms with E-state index < -0.39 is 0 Å². The summed E-state index contributed by atoms with van der Waals surface area (Å²) < 4.78 is 0.873. The minimum atomic E-state index is -0.124. The van der Waals surface area contributed by atoms with Crippen LogP contribution in [-0.4, -0.2) is 10.9 Å². The van der Waals surface area contributed by atoms with Gasteiger partial charge in [-0.25, -0.2) is 0 Å². The van der Waals surface area contributed by atoms with Gasteiger partial charge in [-0.2, -0.15) is 0 Å². The lowest BCUT2D eigenvalue weighted by molar-refractivity contribution is 0.101. The van der Waals surface area contributed by atoms with Crippen LogP contribution in [0.2, 0.25) is 0 Å². The molecule has 0 saturated carbocycles. The number of halogens is 1. The first-order valence-corrected chi connectivity index (χ1v) is 4.88. The molecular weight excluding hydrogens is 232 g/mol. The predicted octanol–water partition coefficient (Wildman–Crippen LogP) is 2.92. The number of ketones is 1. The lowest BCUT2D eigenvalue weighted by atomic mass is 10.1. The highest BCUT2D eigenvalue weighted by molar-refractivity contribution is 9.10. The van der Waals surface area contributed by atoms with Crippen LogP contribution >= 0.6 is 15.9 Å². The van der Waals surface area contributed by atoms with E-state index in [9.17, 15) is 9.90 Å². The van der Waals surface area contributed by atoms with Gasteiger partial charge in [0.05, 0.1) is 5.56 Å². The van der Waals surface area contributed by atoms with E-state index in [4.69, 9.17) is 0 Å². The largest absolute Gasteiger partial charge is 0.507 e. The summed E-state index contributed by atoms with van der Waals surface area (Å²) in [6.45, 7) is 3.43. The fraction of sp³-hybridized carbons (Fsp3) is 0.300. The summed E-state index contributed by atoms with van der Waals surface area (Å²) in [6.07, 6.45) is 0.826. The molecule has 0 fully saturated rings. The standard InChI is InChI=1S/C10H11BrO2/c1-3-7-4-10(13)8(6(2)12)5-9(7)11/h4-5,13H,3H2,1-2H3. The van der Waals surface area contributed by atoms with Crippen LogP contribution in [0.25, 0.3) is 0 Å². The van der Waals surface area contributed by atoms with Gasteiger partial charge in [0.1, 0.15) is 5.75 Å². The second-order valence-electron chi connectivity index (χ2n) is 2.87. The average Bonchev–Trinajstić information content (AvgIpc) is 2.07. The molecule has 0 spiro atoms. The third-order valence-corrected chi connectivity index (χ3v) is 2.66. The van der Waals surface area contributed by atoms with Crippen molar-refractivity contribution in [2.45, 2.75) is 20.3 Å². The Morgan fingerprint density at radius 2 is 2.15 bits per heavy atom. The van der Waals surface area contributed by atoms with E-state index >= 15 is 0 Å². The summed E-state index contributed by atoms with van der Waals surface area (Å²) in [5.41, 5.74) is 1.37. The molecule has 1 aromatic carbocycles. The molecule has 1 N–H and O–H groups in total. The monoisotopic (exact) mass is 242 g/mol. The number of hydrogen-bond donors (Lipinski definition) is 1. The molecular formula is C10H11BrO2. The smallest absolute Gasteiger partial charge is 0.163 e. The van der Waals surface area contributed by atoms with E-state index in [1.807, 2.05) is 6.92 Å². The van der Waals surface area contributed by atoms with E-state index in [2.05, 4.69) is 15.9 Å². The third kappa shape index (κ3) is 2.10. The van der Waals surface area contributed by atoms with Crippen molar-refractivity contribution >= 4 is 21.7 Å². The molecule has 0 heterocycles. The Hall–Kier alpha value is -0.830. The van der Waals surface area contributed by atoms with Gasteiger partial charge in [0.15, 0.2) is 5.78 Å². The number of aryl methyl sites for hydroxylation is 1. The molecule has 0 unspecified atom stereocenters. The van der Waals surface area contributed by atoms with Gasteiger partial charge in [0.2, 0.25) is 0 Å². The van der Waals surface area contributed by atoms with Crippen molar-refractivity contribution in [3.05, 3.63) is 27.7 Å². The van der Waals surface area contributed by atoms with E-state index in [0.29, 0.717) is 5.56 Å². The maximum Gasteiger partial charge on any atom is 0.163 e. The molecule has 0 aromatic heterocycles. The molecule has 3 heteroatoms. The Balaban J connectivity index is 3.28. The van der Waals surface area contributed by atoms with Crippen LogP contribution in [0.3, 0.4) is 0 Å². The molecule has 0 amide bonds. The van der Waals surface area contributed by atoms with Crippen LogP contribution in [0.1, 0.15) is 29.8 Å². The Kier molecular flexibility index (Phi) is 3.09. The Bertz CT molecular complexity index is 345. The van der Waals surface area contributed by atoms with Crippen molar-refractivity contribution in [1.82, 2.24) is 0 Å². The van der Waals surface area contributed by atoms with Crippen LogP contribution in [0, 0.1) is 0 Å². The molecule has 0 radical (unpaired) electrons. The number of hydrogen-bond acceptors (Lipinski definition) is 2. The number of carbonyl (C=O) groups excluding carboxylic acids is 1. The lowest BCUT2D eigenvalue weighted by Gasteiger charge is -2.05. The number of benzene rings is 1. The van der Waals surface area contributed by atoms with E-state index in [-0.39, 0.29) is 11.5 Å². The zero-order valence-electron chi connectivity index (χ0n) is 7.60. The Labute approximate surface area is 85.7 Å². The highest BCUT2D eigenvalue weighted by Gasteiger charge is 2.09. The molecule has 13 heavy (non-hydrogen) atoms. The van der Waals surface area contributed by atoms with Gasteiger partial charge in [0, 0.05) is 4.47 Å². The highest BCUT2D eigenvalue weighted by atomic mass is 79.9. The summed E-state index contributed by atoms with van der Waals surface area (Å²) in [7, 11) is 0. The third-order valence-electron chi connectivity index (χ3n) is 1.92. The van der Waals surface area contributed by atoms with Gasteiger partial charge in [-0.05, 0) is 31.0 Å². The SMILES string of the molecule is CCc1cc(O)c(C(C)=O)cc1Br. The molecule has 70 valence electrons. The van der Waals surface area contributed by atoms with Crippen LogP contribution in [0.4, 0.5) is 0 Å². The van der Waals surface area contributed by atoms with Gasteiger partial charge < -0.3 is 5.11 Å². The van der Waals surface area contributed by atoms with Crippen molar-refractivity contribution in [2.24, 2.45) is 0 Å². The molecule has 1 rings (SSSR count). The fourth-order valence-corrected chi connectivity index (χ4v) is 1.78. The maximum absolute atomic E-state index is 11.0. The highest BCUT2D eigenvalue weighted by Crippen LogP contribution is 2.27. The quantitative estimate of drug-likeness (QED) is 0.811. The number of rotatable bonds is 2. The van der Waals surface area contributed by atoms with Gasteiger partial charge >= 0.3 is 0 Å². The minimum Gasteiger partial charge on any atom is -0.507 e. The number of phenols is 1. The summed E-state index contributed by atoms with van der Waals surface area (Å²) in [4.78, 5) is 11.0. The van der Waals surface area contributed by atoms with Crippen molar-refractivity contribution < 1.29 is 9.90 Å². The average molecular weight is 243 g/mol. The van der Waals surface area contributed by atoms with E-state index in [1.165, 1.54) is 6.92 Å². The van der Waals surface area contributed by atoms with E-state index in [1.54, 1.807) is 12.1 Å². The van der Waals surface area contributed by atoms with E-state index in [0.717, 1.165) is 16.5 Å². The zero-order chi connectivity index (χ0) is 10.0. The number of Topliss-reactive ketones (excluding diaryl/α,β-unsaturated/α-hetero) is 1. The van der Waals surface area contributed by atoms with Crippen molar-refractivity contribution in [3.63, 3.8) is 0 Å². The van der Waals surface area contributed by atoms with Crippen molar-refractivity contribution in [3.8, 4) is 5.75 Å². The molecule has 0 aliphatic carbocycles. The minimum absolute atomic E-state index is 0.0625. The van der Waals surface area contributed by atoms with Crippen LogP contribution in [-0.2, 0) is 6.42 Å². The second kappa shape index (κ2) is 3.92. The number of carbonyl (C=O) groups is 1. The summed E-state index contributed by atoms with van der Waals surface area (Å²) >= 11 is 3.35. The normalized spacial score (nSPS) is 10.1. The summed E-state index contributed by atoms with van der Waals surface area (Å²) in [5.74, 6) is -0.0617. The first-order valence-electron chi connectivity index (χ1n) is 4.08. The topological polar surface area (TPSA) is 37.3 Å². The lowest BCUT2D eigenvalue weighted by Crippen LogP contribution is -1.94. The second-order valence-corrected chi connectivity index (χ2v) is 3.72. The number of phenolic OH excluding ortho intramolecular Hbond substituents is 1. The number of aromatic hydroxyl groups is 1. The van der Waals surface area contributed by atoms with Crippen molar-refractivity contribution in [1.29, 1.82) is 0 Å². The zero-order valence-corrected chi connectivity index (χ0v) is 9.18. The maximum atomic E-state index is 11.0. The van der Waals surface area contributed by atoms with Crippen LogP contribution in [0.5, 0.6) is 5.75 Å². The Morgan fingerprint density at radius 1 is 1.54 bits per heavy atom. The summed E-state index contributed by atoms with van der Waals surface area (Å²) in [6, 6.07) is 3.29. The predicted molar refractivity (Wildman–Crippen MR) is 55.2 cm³/mol. The van der Waals surface area contributed by atoms with Gasteiger partial charge in [0.25, 0.3) is 0 Å². The summed E-state index contributed by atoms with van der Waals surface area (Å²) in [5, 5.41) is 9.48. The Morgan fingerprint density at radius 3 is 2.62 bits per heavy atom. The molecule has 0 atom stereocenters. The van der Waals surface area contributed by atoms with Gasteiger partial charge in [-0.15, -0.1) is 0 Å².